The Balaban J connectivity index is 2.68. The van der Waals surface area contributed by atoms with Gasteiger partial charge in [0, 0.05) is 12.0 Å². The predicted octanol–water partition coefficient (Wildman–Crippen LogP) is 1.70. The topological polar surface area (TPSA) is 70.9 Å². The molecule has 1 aromatic rings. The zero-order valence-electron chi connectivity index (χ0n) is 11.1. The van der Waals surface area contributed by atoms with E-state index < -0.39 is 0 Å². The van der Waals surface area contributed by atoms with Crippen LogP contribution in [0.2, 0.25) is 0 Å². The summed E-state index contributed by atoms with van der Waals surface area (Å²) in [4.78, 5) is 4.31. The molecule has 17 heavy (non-hydrogen) atoms. The molecule has 2 N–H and O–H groups in total. The molecule has 0 spiro atoms. The van der Waals surface area contributed by atoms with E-state index in [1.165, 1.54) is 0 Å². The monoisotopic (exact) mass is 238 g/mol. The van der Waals surface area contributed by atoms with Gasteiger partial charge >= 0.3 is 0 Å². The molecular formula is C12H22N4O. The highest BCUT2D eigenvalue weighted by Gasteiger charge is 2.25. The van der Waals surface area contributed by atoms with Crippen molar-refractivity contribution in [1.29, 1.82) is 0 Å². The Morgan fingerprint density at radius 1 is 1.12 bits per heavy atom. The lowest BCUT2D eigenvalue weighted by Crippen LogP contribution is -2.32. The normalized spacial score (nSPS) is 11.6. The summed E-state index contributed by atoms with van der Waals surface area (Å²) < 4.78 is 0. The molecule has 5 nitrogen and oxygen atoms in total. The summed E-state index contributed by atoms with van der Waals surface area (Å²) in [6, 6.07) is 0. The summed E-state index contributed by atoms with van der Waals surface area (Å²) in [6.07, 6.45) is 1.84. The van der Waals surface area contributed by atoms with Crippen molar-refractivity contribution in [2.45, 2.75) is 40.5 Å². The van der Waals surface area contributed by atoms with Gasteiger partial charge < -0.3 is 10.4 Å². The maximum Gasteiger partial charge on any atom is 0.242 e. The minimum absolute atomic E-state index is 0.0951. The molecular weight excluding hydrogens is 216 g/mol. The number of aliphatic hydroxyl groups excluding tert-OH is 1. The van der Waals surface area contributed by atoms with Crippen LogP contribution in [0.5, 0.6) is 0 Å². The molecule has 1 heterocycles. The summed E-state index contributed by atoms with van der Waals surface area (Å²) in [7, 11) is 0. The number of aromatic nitrogens is 3. The number of anilines is 1. The van der Waals surface area contributed by atoms with Crippen LogP contribution in [-0.2, 0) is 0 Å². The molecule has 0 unspecified atom stereocenters. The number of nitrogens with zero attached hydrogens (tertiary/aromatic N) is 3. The highest BCUT2D eigenvalue weighted by atomic mass is 16.3. The lowest BCUT2D eigenvalue weighted by atomic mass is 9.83. The van der Waals surface area contributed by atoms with Crippen LogP contribution in [-0.4, -0.2) is 33.4 Å². The van der Waals surface area contributed by atoms with Gasteiger partial charge in [-0.1, -0.05) is 13.8 Å². The third kappa shape index (κ3) is 3.36. The first-order chi connectivity index (χ1) is 8.06. The van der Waals surface area contributed by atoms with E-state index in [9.17, 15) is 5.11 Å². The molecule has 0 aliphatic carbocycles. The second-order valence-electron chi connectivity index (χ2n) is 4.53. The average molecular weight is 238 g/mol. The molecule has 0 saturated heterocycles. The third-order valence-corrected chi connectivity index (χ3v) is 3.55. The number of rotatable bonds is 6. The van der Waals surface area contributed by atoms with Crippen molar-refractivity contribution >= 4 is 5.95 Å². The summed E-state index contributed by atoms with van der Waals surface area (Å²) >= 11 is 0. The Bertz CT molecular complexity index is 355. The maximum atomic E-state index is 9.46. The molecule has 96 valence electrons. The first-order valence-corrected chi connectivity index (χ1v) is 6.09. The van der Waals surface area contributed by atoms with Crippen LogP contribution in [0.4, 0.5) is 5.95 Å². The maximum absolute atomic E-state index is 9.46. The number of aryl methyl sites for hydroxylation is 2. The van der Waals surface area contributed by atoms with E-state index in [0.717, 1.165) is 24.2 Å². The molecule has 0 fully saturated rings. The lowest BCUT2D eigenvalue weighted by Gasteiger charge is -2.29. The van der Waals surface area contributed by atoms with Crippen molar-refractivity contribution in [2.24, 2.45) is 5.41 Å². The second-order valence-corrected chi connectivity index (χ2v) is 4.53. The highest BCUT2D eigenvalue weighted by molar-refractivity contribution is 5.25. The molecule has 0 amide bonds. The van der Waals surface area contributed by atoms with Crippen LogP contribution < -0.4 is 5.32 Å². The van der Waals surface area contributed by atoms with Crippen molar-refractivity contribution in [2.75, 3.05) is 18.5 Å². The van der Waals surface area contributed by atoms with Crippen LogP contribution in [0.15, 0.2) is 0 Å². The van der Waals surface area contributed by atoms with Crippen molar-refractivity contribution in [1.82, 2.24) is 15.2 Å². The smallest absolute Gasteiger partial charge is 0.242 e. The molecule has 0 aliphatic heterocycles. The molecule has 0 atom stereocenters. The standard InChI is InChI=1S/C12H22N4O/c1-5-12(6-2,8-17)7-13-11-14-9(3)10(4)15-16-11/h17H,5-8H2,1-4H3,(H,13,14,16). The fourth-order valence-electron chi connectivity index (χ4n) is 1.58. The zero-order chi connectivity index (χ0) is 12.9. The van der Waals surface area contributed by atoms with Crippen LogP contribution in [0, 0.1) is 19.3 Å². The van der Waals surface area contributed by atoms with Gasteiger partial charge in [-0.15, -0.1) is 5.10 Å². The van der Waals surface area contributed by atoms with E-state index in [1.807, 2.05) is 13.8 Å². The zero-order valence-corrected chi connectivity index (χ0v) is 11.1. The fourth-order valence-corrected chi connectivity index (χ4v) is 1.58. The summed E-state index contributed by atoms with van der Waals surface area (Å²) in [6.45, 7) is 8.80. The van der Waals surface area contributed by atoms with Crippen LogP contribution in [0.3, 0.4) is 0 Å². The van der Waals surface area contributed by atoms with Crippen LogP contribution in [0.25, 0.3) is 0 Å². The summed E-state index contributed by atoms with van der Waals surface area (Å²) in [5.74, 6) is 0.535. The van der Waals surface area contributed by atoms with Crippen molar-refractivity contribution in [3.63, 3.8) is 0 Å². The fraction of sp³-hybridized carbons (Fsp3) is 0.750. The van der Waals surface area contributed by atoms with Crippen LogP contribution in [0.1, 0.15) is 38.1 Å². The minimum atomic E-state index is -0.0951. The molecule has 0 radical (unpaired) electrons. The largest absolute Gasteiger partial charge is 0.396 e. The van der Waals surface area contributed by atoms with Crippen molar-refractivity contribution < 1.29 is 5.11 Å². The Hall–Kier alpha value is -1.23. The number of hydrogen-bond donors (Lipinski definition) is 2. The number of hydrogen-bond acceptors (Lipinski definition) is 5. The van der Waals surface area contributed by atoms with Crippen molar-refractivity contribution in [3.05, 3.63) is 11.4 Å². The van der Waals surface area contributed by atoms with Gasteiger partial charge in [0.2, 0.25) is 5.95 Å². The van der Waals surface area contributed by atoms with Gasteiger partial charge in [-0.05, 0) is 26.7 Å². The Morgan fingerprint density at radius 2 is 1.76 bits per heavy atom. The molecule has 1 aromatic heterocycles. The predicted molar refractivity (Wildman–Crippen MR) is 67.9 cm³/mol. The van der Waals surface area contributed by atoms with E-state index >= 15 is 0 Å². The Morgan fingerprint density at radius 3 is 2.24 bits per heavy atom. The number of nitrogens with one attached hydrogen (secondary N) is 1. The SMILES string of the molecule is CCC(CC)(CO)CNc1nnc(C)c(C)n1. The van der Waals surface area contributed by atoms with Gasteiger partial charge in [0.15, 0.2) is 0 Å². The Labute approximate surface area is 103 Å². The van der Waals surface area contributed by atoms with E-state index in [1.54, 1.807) is 0 Å². The molecule has 0 bridgehead atoms. The van der Waals surface area contributed by atoms with E-state index in [4.69, 9.17) is 0 Å². The Kier molecular flexibility index (Phi) is 4.81. The first kappa shape index (κ1) is 13.8. The molecule has 5 heteroatoms. The van der Waals surface area contributed by atoms with E-state index in [0.29, 0.717) is 12.5 Å². The first-order valence-electron chi connectivity index (χ1n) is 6.09. The van der Waals surface area contributed by atoms with Gasteiger partial charge in [0.1, 0.15) is 0 Å². The molecule has 1 rings (SSSR count). The quantitative estimate of drug-likeness (QED) is 0.789. The summed E-state index contributed by atoms with van der Waals surface area (Å²) in [5, 5.41) is 20.6. The number of aliphatic hydroxyl groups is 1. The third-order valence-electron chi connectivity index (χ3n) is 3.55. The molecule has 0 aliphatic rings. The second kappa shape index (κ2) is 5.91. The molecule has 0 aromatic carbocycles. The summed E-state index contributed by atoms with van der Waals surface area (Å²) in [5.41, 5.74) is 1.63. The van der Waals surface area contributed by atoms with Gasteiger partial charge in [-0.25, -0.2) is 4.98 Å². The average Bonchev–Trinajstić information content (AvgIpc) is 2.36. The highest BCUT2D eigenvalue weighted by Crippen LogP contribution is 2.25. The lowest BCUT2D eigenvalue weighted by molar-refractivity contribution is 0.127. The van der Waals surface area contributed by atoms with Gasteiger partial charge in [0.25, 0.3) is 0 Å². The van der Waals surface area contributed by atoms with Gasteiger partial charge in [-0.2, -0.15) is 5.10 Å². The van der Waals surface area contributed by atoms with Gasteiger partial charge in [0.05, 0.1) is 18.0 Å². The minimum Gasteiger partial charge on any atom is -0.396 e. The van der Waals surface area contributed by atoms with Gasteiger partial charge in [-0.3, -0.25) is 0 Å². The van der Waals surface area contributed by atoms with Crippen molar-refractivity contribution in [3.8, 4) is 0 Å². The van der Waals surface area contributed by atoms with Crippen LogP contribution >= 0.6 is 0 Å². The van der Waals surface area contributed by atoms with E-state index in [-0.39, 0.29) is 12.0 Å². The van der Waals surface area contributed by atoms with E-state index in [2.05, 4.69) is 34.3 Å². The molecule has 0 saturated carbocycles.